The van der Waals surface area contributed by atoms with Gasteiger partial charge in [0.1, 0.15) is 34.5 Å². The molecule has 67 heavy (non-hydrogen) atoms. The molecule has 0 fully saturated rings. The first-order valence-electron chi connectivity index (χ1n) is 22.9. The highest BCUT2D eigenvalue weighted by Crippen LogP contribution is 2.54. The Morgan fingerprint density at radius 2 is 0.582 bits per heavy atom. The second kappa shape index (κ2) is 20.4. The maximum atomic E-state index is 14.4. The summed E-state index contributed by atoms with van der Waals surface area (Å²) < 4.78 is 64.2. The van der Waals surface area contributed by atoms with Gasteiger partial charge in [-0.2, -0.15) is 9.13 Å². The molecule has 6 aromatic carbocycles. The molecule has 6 rings (SSSR count). The SMILES string of the molecule is CC(C)(C)c1ccc(OP(=O)(Oc2ccccc2)Oc2ccccc2)c(C(C)(C)C)c1.Cc1ccc(OP(=O)(Oc2ccccc2)Oc2ccc(C(C)(C)C)cc2C(C)(C)C)c(C(C)(C)C)c1. The van der Waals surface area contributed by atoms with Crippen LogP contribution in [0.5, 0.6) is 34.5 Å². The molecule has 10 heteroatoms. The Morgan fingerprint density at radius 1 is 0.313 bits per heavy atom. The zero-order chi connectivity index (χ0) is 49.6. The van der Waals surface area contributed by atoms with Crippen LogP contribution < -0.4 is 27.1 Å². The van der Waals surface area contributed by atoms with Gasteiger partial charge in [0, 0.05) is 16.7 Å². The lowest BCUT2D eigenvalue weighted by Crippen LogP contribution is -2.19. The number of hydrogen-bond acceptors (Lipinski definition) is 8. The summed E-state index contributed by atoms with van der Waals surface area (Å²) in [7, 11) is -8.19. The van der Waals surface area contributed by atoms with Gasteiger partial charge in [0.25, 0.3) is 0 Å². The summed E-state index contributed by atoms with van der Waals surface area (Å²) in [5.41, 5.74) is 5.47. The topological polar surface area (TPSA) is 89.5 Å². The lowest BCUT2D eigenvalue weighted by molar-refractivity contribution is 0.292. The Bertz CT molecular complexity index is 2620. The zero-order valence-corrected chi connectivity index (χ0v) is 44.3. The first-order chi connectivity index (χ1) is 30.9. The highest BCUT2D eigenvalue weighted by Gasteiger charge is 2.38. The number of phosphoric ester groups is 2. The van der Waals surface area contributed by atoms with Gasteiger partial charge in [-0.3, -0.25) is 0 Å². The summed E-state index contributed by atoms with van der Waals surface area (Å²) in [5.74, 6) is 2.68. The van der Waals surface area contributed by atoms with E-state index in [0.29, 0.717) is 34.5 Å². The Balaban J connectivity index is 0.000000254. The summed E-state index contributed by atoms with van der Waals surface area (Å²) in [4.78, 5) is 0. The van der Waals surface area contributed by atoms with Crippen LogP contribution in [0, 0.1) is 6.92 Å². The molecule has 0 aliphatic heterocycles. The molecule has 0 radical (unpaired) electrons. The first-order valence-corrected chi connectivity index (χ1v) is 25.8. The van der Waals surface area contributed by atoms with E-state index in [1.807, 2.05) is 73.7 Å². The van der Waals surface area contributed by atoms with Gasteiger partial charge in [-0.25, -0.2) is 0 Å². The van der Waals surface area contributed by atoms with Gasteiger partial charge >= 0.3 is 15.6 Å². The second-order valence-electron chi connectivity index (χ2n) is 22.1. The van der Waals surface area contributed by atoms with E-state index < -0.39 is 15.6 Å². The summed E-state index contributed by atoms with van der Waals surface area (Å²) >= 11 is 0. The molecule has 0 aliphatic carbocycles. The van der Waals surface area contributed by atoms with Gasteiger partial charge in [-0.1, -0.05) is 200 Å². The standard InChI is InChI=1S/C31H41O4P.C26H31O4P/c1-22-16-18-27(25(20-22)30(5,6)7)34-36(32,33-24-14-12-11-13-15-24)35-28-19-17-23(29(2,3)4)21-26(28)31(8,9)10;1-25(2,3)20-17-18-24(23(19-20)26(4,5)6)30-31(27,28-21-13-9-7-10-14-21)29-22-15-11-8-12-16-22/h11-21H,1-10H3;7-19H,1-6H3. The third-order valence-electron chi connectivity index (χ3n) is 10.8. The normalized spacial score (nSPS) is 13.3. The molecule has 0 amide bonds. The number of aryl methyl sites for hydroxylation is 1. The molecular formula is C57H72O8P2. The smallest absolute Gasteiger partial charge is 0.386 e. The van der Waals surface area contributed by atoms with Crippen LogP contribution in [0.2, 0.25) is 0 Å². The molecule has 358 valence electrons. The first kappa shape index (κ1) is 52.5. The lowest BCUT2D eigenvalue weighted by Gasteiger charge is -2.29. The molecule has 0 saturated carbocycles. The molecule has 1 atom stereocenters. The predicted molar refractivity (Wildman–Crippen MR) is 276 cm³/mol. The minimum Gasteiger partial charge on any atom is -0.386 e. The molecule has 6 aromatic rings. The van der Waals surface area contributed by atoms with Gasteiger partial charge in [0.2, 0.25) is 0 Å². The van der Waals surface area contributed by atoms with E-state index in [2.05, 4.69) is 122 Å². The Labute approximate surface area is 401 Å². The van der Waals surface area contributed by atoms with Gasteiger partial charge in [0.15, 0.2) is 0 Å². The van der Waals surface area contributed by atoms with E-state index in [1.165, 1.54) is 11.1 Å². The van der Waals surface area contributed by atoms with Crippen LogP contribution in [-0.2, 0) is 36.2 Å². The van der Waals surface area contributed by atoms with Crippen molar-refractivity contribution in [2.24, 2.45) is 0 Å². The van der Waals surface area contributed by atoms with Crippen molar-refractivity contribution in [2.75, 3.05) is 0 Å². The van der Waals surface area contributed by atoms with E-state index in [1.54, 1.807) is 60.7 Å². The van der Waals surface area contributed by atoms with Crippen LogP contribution in [0.25, 0.3) is 0 Å². The van der Waals surface area contributed by atoms with Gasteiger partial charge in [-0.05, 0) is 99.7 Å². The minimum atomic E-state index is -4.15. The van der Waals surface area contributed by atoms with Crippen LogP contribution in [0.3, 0.4) is 0 Å². The number of para-hydroxylation sites is 3. The summed E-state index contributed by atoms with van der Waals surface area (Å²) in [5, 5.41) is 0. The van der Waals surface area contributed by atoms with Crippen molar-refractivity contribution >= 4 is 15.6 Å². The zero-order valence-electron chi connectivity index (χ0n) is 42.5. The third-order valence-corrected chi connectivity index (χ3v) is 13.3. The fourth-order valence-corrected chi connectivity index (χ4v) is 9.50. The van der Waals surface area contributed by atoms with Crippen molar-refractivity contribution in [3.05, 3.63) is 179 Å². The van der Waals surface area contributed by atoms with E-state index >= 15 is 0 Å². The van der Waals surface area contributed by atoms with E-state index in [9.17, 15) is 9.13 Å². The van der Waals surface area contributed by atoms with Crippen molar-refractivity contribution in [3.63, 3.8) is 0 Å². The molecule has 0 heterocycles. The highest BCUT2D eigenvalue weighted by atomic mass is 31.2. The summed E-state index contributed by atoms with van der Waals surface area (Å²) in [6.07, 6.45) is 0. The molecule has 0 aromatic heterocycles. The fourth-order valence-electron chi connectivity index (χ4n) is 6.94. The van der Waals surface area contributed by atoms with Gasteiger partial charge in [0.05, 0.1) is 0 Å². The van der Waals surface area contributed by atoms with Crippen LogP contribution in [-0.4, -0.2) is 0 Å². The molecule has 8 nitrogen and oxygen atoms in total. The molecule has 0 bridgehead atoms. The number of hydrogen-bond donors (Lipinski definition) is 0. The molecule has 0 N–H and O–H groups in total. The van der Waals surface area contributed by atoms with Crippen molar-refractivity contribution < 1.29 is 36.3 Å². The van der Waals surface area contributed by atoms with E-state index in [0.717, 1.165) is 22.3 Å². The van der Waals surface area contributed by atoms with Crippen LogP contribution in [0.15, 0.2) is 146 Å². The second-order valence-corrected chi connectivity index (χ2v) is 24.9. The van der Waals surface area contributed by atoms with Gasteiger partial charge in [-0.15, -0.1) is 0 Å². The number of phosphoric acid groups is 2. The van der Waals surface area contributed by atoms with Crippen molar-refractivity contribution in [3.8, 4) is 34.5 Å². The largest absolute Gasteiger partial charge is 0.647 e. The summed E-state index contributed by atoms with van der Waals surface area (Å²) in [6, 6.07) is 44.7. The lowest BCUT2D eigenvalue weighted by atomic mass is 9.80. The maximum absolute atomic E-state index is 14.4. The Hall–Kier alpha value is -5.42. The van der Waals surface area contributed by atoms with Crippen molar-refractivity contribution in [1.82, 2.24) is 0 Å². The minimum absolute atomic E-state index is 0.0245. The average Bonchev–Trinajstić information content (AvgIpc) is 3.21. The van der Waals surface area contributed by atoms with Crippen molar-refractivity contribution in [1.29, 1.82) is 0 Å². The Kier molecular flexibility index (Phi) is 16.0. The van der Waals surface area contributed by atoms with Crippen molar-refractivity contribution in [2.45, 2.75) is 138 Å². The maximum Gasteiger partial charge on any atom is 0.647 e. The monoisotopic (exact) mass is 946 g/mol. The average molecular weight is 947 g/mol. The van der Waals surface area contributed by atoms with Crippen LogP contribution in [0.1, 0.15) is 137 Å². The quantitative estimate of drug-likeness (QED) is 0.112. The van der Waals surface area contributed by atoms with Crippen LogP contribution >= 0.6 is 15.6 Å². The Morgan fingerprint density at radius 3 is 0.866 bits per heavy atom. The molecular weight excluding hydrogens is 875 g/mol. The highest BCUT2D eigenvalue weighted by molar-refractivity contribution is 7.50. The van der Waals surface area contributed by atoms with Crippen LogP contribution in [0.4, 0.5) is 0 Å². The molecule has 0 aliphatic rings. The predicted octanol–water partition coefficient (Wildman–Crippen LogP) is 17.5. The molecule has 0 spiro atoms. The molecule has 1 unspecified atom stereocenters. The third kappa shape index (κ3) is 15.0. The number of rotatable bonds is 12. The van der Waals surface area contributed by atoms with E-state index in [-0.39, 0.29) is 27.1 Å². The summed E-state index contributed by atoms with van der Waals surface area (Å²) in [6.45, 7) is 34.0. The molecule has 0 saturated heterocycles. The van der Waals surface area contributed by atoms with E-state index in [4.69, 9.17) is 27.1 Å². The fraction of sp³-hybridized carbons (Fsp3) is 0.368. The van der Waals surface area contributed by atoms with Gasteiger partial charge < -0.3 is 27.1 Å². The number of benzene rings is 6.